The highest BCUT2D eigenvalue weighted by atomic mass is 16.6. The third kappa shape index (κ3) is 7.31. The van der Waals surface area contributed by atoms with E-state index >= 15 is 0 Å². The fourth-order valence-electron chi connectivity index (χ4n) is 4.64. The average molecular weight is 602 g/mol. The number of furan rings is 1. The van der Waals surface area contributed by atoms with Gasteiger partial charge >= 0.3 is 11.6 Å². The molecule has 1 saturated heterocycles. The van der Waals surface area contributed by atoms with Crippen LogP contribution in [0.25, 0.3) is 5.69 Å². The Balaban J connectivity index is 1.12. The Morgan fingerprint density at radius 3 is 2.43 bits per heavy atom. The van der Waals surface area contributed by atoms with E-state index in [0.717, 1.165) is 17.1 Å². The first-order valence-corrected chi connectivity index (χ1v) is 13.9. The number of carbonyl (C=O) groups is 2. The number of nitro groups is 1. The lowest BCUT2D eigenvalue weighted by atomic mass is 10.2. The minimum atomic E-state index is -0.616. The van der Waals surface area contributed by atoms with Crippen LogP contribution in [0.1, 0.15) is 33.3 Å². The molecule has 0 aliphatic carbocycles. The van der Waals surface area contributed by atoms with Crippen molar-refractivity contribution >= 4 is 23.7 Å². The number of nitro benzene ring substituents is 1. The Hall–Kier alpha value is -5.43. The standard InChI is InChI=1S/C31H31N5O8/c1-21-3-4-22(2)35(21)24-6-8-25(9-7-24)42-19-26-10-12-29(44-26)31(38)33-32-18-23-5-11-28(27(17-23)36(39)40)43-20-30(37)34-13-15-41-16-14-34/h3-12,17-18H,13-16,19-20H2,1-2H3,(H,33,38)/b32-18+. The molecule has 2 aromatic heterocycles. The highest BCUT2D eigenvalue weighted by Gasteiger charge is 2.21. The molecule has 4 aromatic rings. The molecule has 2 aromatic carbocycles. The van der Waals surface area contributed by atoms with E-state index in [1.807, 2.05) is 38.1 Å². The van der Waals surface area contributed by atoms with Gasteiger partial charge in [0.1, 0.15) is 18.1 Å². The van der Waals surface area contributed by atoms with E-state index in [4.69, 9.17) is 18.6 Å². The number of morpholine rings is 1. The fraction of sp³-hybridized carbons (Fsp3) is 0.258. The lowest BCUT2D eigenvalue weighted by Crippen LogP contribution is -2.43. The van der Waals surface area contributed by atoms with Gasteiger partial charge in [-0.3, -0.25) is 19.7 Å². The molecule has 2 amide bonds. The highest BCUT2D eigenvalue weighted by molar-refractivity contribution is 5.92. The van der Waals surface area contributed by atoms with Gasteiger partial charge in [-0.25, -0.2) is 5.43 Å². The van der Waals surface area contributed by atoms with Gasteiger partial charge in [-0.1, -0.05) is 0 Å². The number of aromatic nitrogens is 1. The number of ether oxygens (including phenoxy) is 3. The van der Waals surface area contributed by atoms with Gasteiger partial charge in [-0.2, -0.15) is 5.10 Å². The summed E-state index contributed by atoms with van der Waals surface area (Å²) < 4.78 is 24.2. The third-order valence-corrected chi connectivity index (χ3v) is 6.91. The van der Waals surface area contributed by atoms with Crippen LogP contribution in [0.3, 0.4) is 0 Å². The lowest BCUT2D eigenvalue weighted by Gasteiger charge is -2.26. The maximum Gasteiger partial charge on any atom is 0.311 e. The van der Waals surface area contributed by atoms with E-state index in [9.17, 15) is 19.7 Å². The van der Waals surface area contributed by atoms with Gasteiger partial charge < -0.3 is 28.1 Å². The molecule has 3 heterocycles. The number of rotatable bonds is 11. The van der Waals surface area contributed by atoms with Gasteiger partial charge in [0.15, 0.2) is 18.1 Å². The largest absolute Gasteiger partial charge is 0.486 e. The minimum Gasteiger partial charge on any atom is -0.486 e. The normalized spacial score (nSPS) is 13.2. The van der Waals surface area contributed by atoms with E-state index in [1.165, 1.54) is 30.5 Å². The van der Waals surface area contributed by atoms with Gasteiger partial charge in [0.25, 0.3) is 5.91 Å². The molecule has 1 fully saturated rings. The second-order valence-corrected chi connectivity index (χ2v) is 9.97. The van der Waals surface area contributed by atoms with Crippen LogP contribution in [0.4, 0.5) is 5.69 Å². The summed E-state index contributed by atoms with van der Waals surface area (Å²) >= 11 is 0. The van der Waals surface area contributed by atoms with Gasteiger partial charge in [0, 0.05) is 41.8 Å². The number of hydrazone groups is 1. The van der Waals surface area contributed by atoms with Crippen LogP contribution in [-0.2, 0) is 16.1 Å². The van der Waals surface area contributed by atoms with Gasteiger partial charge in [0.05, 0.1) is 24.4 Å². The zero-order valence-electron chi connectivity index (χ0n) is 24.2. The first kappa shape index (κ1) is 30.0. The molecule has 228 valence electrons. The van der Waals surface area contributed by atoms with Crippen molar-refractivity contribution in [3.8, 4) is 17.2 Å². The van der Waals surface area contributed by atoms with Crippen molar-refractivity contribution in [3.05, 3.63) is 105 Å². The van der Waals surface area contributed by atoms with Crippen molar-refractivity contribution in [2.75, 3.05) is 32.9 Å². The molecular formula is C31H31N5O8. The molecular weight excluding hydrogens is 570 g/mol. The summed E-state index contributed by atoms with van der Waals surface area (Å²) in [5.41, 5.74) is 5.65. The number of hydrogen-bond donors (Lipinski definition) is 1. The van der Waals surface area contributed by atoms with Gasteiger partial charge in [-0.05, 0) is 74.5 Å². The number of benzene rings is 2. The Morgan fingerprint density at radius 2 is 1.73 bits per heavy atom. The van der Waals surface area contributed by atoms with Crippen LogP contribution in [0.5, 0.6) is 11.5 Å². The predicted octanol–water partition coefficient (Wildman–Crippen LogP) is 4.18. The van der Waals surface area contributed by atoms with E-state index in [-0.39, 0.29) is 36.3 Å². The molecule has 0 bridgehead atoms. The van der Waals surface area contributed by atoms with Crippen LogP contribution in [0, 0.1) is 24.0 Å². The molecule has 13 nitrogen and oxygen atoms in total. The number of aryl methyl sites for hydroxylation is 2. The molecule has 1 N–H and O–H groups in total. The molecule has 0 spiro atoms. The second-order valence-electron chi connectivity index (χ2n) is 9.97. The molecule has 1 aliphatic rings. The smallest absolute Gasteiger partial charge is 0.311 e. The second kappa shape index (κ2) is 13.7. The zero-order chi connectivity index (χ0) is 31.1. The number of hydrogen-bond acceptors (Lipinski definition) is 9. The predicted molar refractivity (Wildman–Crippen MR) is 159 cm³/mol. The van der Waals surface area contributed by atoms with E-state index in [1.54, 1.807) is 11.0 Å². The van der Waals surface area contributed by atoms with Crippen molar-refractivity contribution < 1.29 is 33.1 Å². The van der Waals surface area contributed by atoms with Crippen molar-refractivity contribution in [2.45, 2.75) is 20.5 Å². The summed E-state index contributed by atoms with van der Waals surface area (Å²) in [4.78, 5) is 37.4. The Kier molecular flexibility index (Phi) is 9.35. The molecule has 0 radical (unpaired) electrons. The SMILES string of the molecule is Cc1ccc(C)n1-c1ccc(OCc2ccc(C(=O)N/N=C/c3ccc(OCC(=O)N4CCOCC4)c([N+](=O)[O-])c3)o2)cc1. The molecule has 5 rings (SSSR count). The summed E-state index contributed by atoms with van der Waals surface area (Å²) in [5, 5.41) is 15.5. The van der Waals surface area contributed by atoms with Gasteiger partial charge in [-0.15, -0.1) is 0 Å². The van der Waals surface area contributed by atoms with Crippen LogP contribution < -0.4 is 14.9 Å². The molecule has 0 saturated carbocycles. The van der Waals surface area contributed by atoms with E-state index < -0.39 is 10.8 Å². The topological polar surface area (TPSA) is 151 Å². The summed E-state index contributed by atoms with van der Waals surface area (Å²) in [6.07, 6.45) is 1.25. The van der Waals surface area contributed by atoms with E-state index in [2.05, 4.69) is 27.2 Å². The molecule has 1 aliphatic heterocycles. The number of nitrogens with one attached hydrogen (secondary N) is 1. The van der Waals surface area contributed by atoms with Crippen LogP contribution in [0.15, 0.2) is 76.2 Å². The Labute approximate surface area is 252 Å². The van der Waals surface area contributed by atoms with Crippen LogP contribution >= 0.6 is 0 Å². The van der Waals surface area contributed by atoms with Crippen molar-refractivity contribution in [2.24, 2.45) is 5.10 Å². The van der Waals surface area contributed by atoms with Crippen molar-refractivity contribution in [1.29, 1.82) is 0 Å². The number of carbonyl (C=O) groups excluding carboxylic acids is 2. The van der Waals surface area contributed by atoms with Gasteiger partial charge in [0.2, 0.25) is 0 Å². The van der Waals surface area contributed by atoms with Crippen molar-refractivity contribution in [3.63, 3.8) is 0 Å². The Bertz CT molecular complexity index is 1650. The lowest BCUT2D eigenvalue weighted by molar-refractivity contribution is -0.385. The first-order valence-electron chi connectivity index (χ1n) is 13.9. The average Bonchev–Trinajstić information content (AvgIpc) is 3.65. The summed E-state index contributed by atoms with van der Waals surface area (Å²) in [7, 11) is 0. The monoisotopic (exact) mass is 601 g/mol. The number of nitrogens with zero attached hydrogens (tertiary/aromatic N) is 4. The van der Waals surface area contributed by atoms with Crippen molar-refractivity contribution in [1.82, 2.24) is 14.9 Å². The summed E-state index contributed by atoms with van der Waals surface area (Å²) in [6.45, 7) is 5.66. The quantitative estimate of drug-likeness (QED) is 0.153. The van der Waals surface area contributed by atoms with Crippen LogP contribution in [0.2, 0.25) is 0 Å². The summed E-state index contributed by atoms with van der Waals surface area (Å²) in [5.74, 6) is 0.178. The third-order valence-electron chi connectivity index (χ3n) is 6.91. The molecule has 0 atom stereocenters. The molecule has 0 unspecified atom stereocenters. The highest BCUT2D eigenvalue weighted by Crippen LogP contribution is 2.28. The Morgan fingerprint density at radius 1 is 1.00 bits per heavy atom. The first-order chi connectivity index (χ1) is 21.3. The minimum absolute atomic E-state index is 0.0225. The molecule has 13 heteroatoms. The number of amides is 2. The fourth-order valence-corrected chi connectivity index (χ4v) is 4.64. The van der Waals surface area contributed by atoms with E-state index in [0.29, 0.717) is 43.4 Å². The maximum absolute atomic E-state index is 12.5. The zero-order valence-corrected chi connectivity index (χ0v) is 24.2. The molecule has 44 heavy (non-hydrogen) atoms. The van der Waals surface area contributed by atoms with Crippen LogP contribution in [-0.4, -0.2) is 65.3 Å². The summed E-state index contributed by atoms with van der Waals surface area (Å²) in [6, 6.07) is 19.1. The maximum atomic E-state index is 12.5.